The molecule has 1 N–H and O–H groups in total. The number of para-hydroxylation sites is 1. The van der Waals surface area contributed by atoms with Gasteiger partial charge in [0, 0.05) is 12.3 Å². The van der Waals surface area contributed by atoms with E-state index in [0.717, 1.165) is 20.8 Å². The molecule has 0 saturated heterocycles. The standard InChI is InChI=1S/C20H20F2N2O3S2/c1-26-15-7-6-13(10-16(15)27-20(21)22)8-9-23-18(25)11-28-12-19-24-14-4-2-3-5-17(14)29-19/h2-7,10,20H,8-9,11-12H2,1H3,(H,23,25). The van der Waals surface area contributed by atoms with E-state index in [-0.39, 0.29) is 17.4 Å². The Morgan fingerprint density at radius 1 is 1.24 bits per heavy atom. The molecule has 1 aromatic heterocycles. The third-order valence-corrected chi connectivity index (χ3v) is 6.14. The van der Waals surface area contributed by atoms with Gasteiger partial charge >= 0.3 is 6.61 Å². The van der Waals surface area contributed by atoms with Crippen molar-refractivity contribution in [1.29, 1.82) is 0 Å². The zero-order valence-corrected chi connectivity index (χ0v) is 17.3. The van der Waals surface area contributed by atoms with Gasteiger partial charge in [-0.1, -0.05) is 18.2 Å². The van der Waals surface area contributed by atoms with Crippen molar-refractivity contribution in [3.8, 4) is 11.5 Å². The molecule has 3 aromatic rings. The molecule has 9 heteroatoms. The Bertz CT molecular complexity index is 933. The number of thiazole rings is 1. The van der Waals surface area contributed by atoms with E-state index in [4.69, 9.17) is 4.74 Å². The number of hydrogen-bond acceptors (Lipinski definition) is 6. The van der Waals surface area contributed by atoms with Gasteiger partial charge in [-0.05, 0) is 36.2 Å². The zero-order chi connectivity index (χ0) is 20.6. The second kappa shape index (κ2) is 10.4. The van der Waals surface area contributed by atoms with Crippen LogP contribution >= 0.6 is 23.1 Å². The van der Waals surface area contributed by atoms with Crippen molar-refractivity contribution in [2.45, 2.75) is 18.8 Å². The predicted octanol–water partition coefficient (Wildman–Crippen LogP) is 4.50. The summed E-state index contributed by atoms with van der Waals surface area (Å²) in [7, 11) is 1.39. The minimum absolute atomic E-state index is 0.0160. The second-order valence-corrected chi connectivity index (χ2v) is 8.13. The molecular formula is C20H20F2N2O3S2. The maximum absolute atomic E-state index is 12.5. The Kier molecular flexibility index (Phi) is 7.65. The van der Waals surface area contributed by atoms with E-state index in [2.05, 4.69) is 15.0 Å². The normalized spacial score (nSPS) is 11.0. The minimum Gasteiger partial charge on any atom is -0.493 e. The number of carbonyl (C=O) groups excluding carboxylic acids is 1. The van der Waals surface area contributed by atoms with Crippen molar-refractivity contribution in [2.75, 3.05) is 19.4 Å². The van der Waals surface area contributed by atoms with Crippen molar-refractivity contribution < 1.29 is 23.0 Å². The van der Waals surface area contributed by atoms with Gasteiger partial charge in [0.15, 0.2) is 11.5 Å². The highest BCUT2D eigenvalue weighted by atomic mass is 32.2. The van der Waals surface area contributed by atoms with Crippen LogP contribution < -0.4 is 14.8 Å². The van der Waals surface area contributed by atoms with Gasteiger partial charge < -0.3 is 14.8 Å². The van der Waals surface area contributed by atoms with Crippen LogP contribution in [-0.2, 0) is 17.0 Å². The van der Waals surface area contributed by atoms with Crippen LogP contribution in [0.2, 0.25) is 0 Å². The molecule has 0 saturated carbocycles. The first-order chi connectivity index (χ1) is 14.0. The van der Waals surface area contributed by atoms with E-state index >= 15 is 0 Å². The maximum Gasteiger partial charge on any atom is 0.387 e. The number of thioether (sulfide) groups is 1. The molecule has 154 valence electrons. The number of ether oxygens (including phenoxy) is 2. The summed E-state index contributed by atoms with van der Waals surface area (Å²) in [6.45, 7) is -2.52. The number of nitrogens with zero attached hydrogens (tertiary/aromatic N) is 1. The first-order valence-corrected chi connectivity index (χ1v) is 10.8. The molecule has 0 unspecified atom stereocenters. The van der Waals surface area contributed by atoms with Crippen molar-refractivity contribution in [1.82, 2.24) is 10.3 Å². The van der Waals surface area contributed by atoms with E-state index in [1.54, 1.807) is 23.5 Å². The quantitative estimate of drug-likeness (QED) is 0.505. The van der Waals surface area contributed by atoms with Gasteiger partial charge in [-0.2, -0.15) is 8.78 Å². The number of hydrogen-bond donors (Lipinski definition) is 1. The lowest BCUT2D eigenvalue weighted by Gasteiger charge is -2.12. The van der Waals surface area contributed by atoms with Gasteiger partial charge in [-0.3, -0.25) is 4.79 Å². The second-order valence-electron chi connectivity index (χ2n) is 6.03. The molecule has 0 spiro atoms. The van der Waals surface area contributed by atoms with Crippen molar-refractivity contribution in [3.63, 3.8) is 0 Å². The molecule has 0 atom stereocenters. The molecule has 0 aliphatic carbocycles. The summed E-state index contributed by atoms with van der Waals surface area (Å²) in [5.41, 5.74) is 1.75. The van der Waals surface area contributed by atoms with Crippen molar-refractivity contribution in [2.24, 2.45) is 0 Å². The summed E-state index contributed by atoms with van der Waals surface area (Å²) in [4.78, 5) is 16.6. The van der Waals surface area contributed by atoms with Gasteiger partial charge in [0.1, 0.15) is 5.01 Å². The summed E-state index contributed by atoms with van der Waals surface area (Å²) in [6.07, 6.45) is 0.498. The number of carbonyl (C=O) groups is 1. The topological polar surface area (TPSA) is 60.5 Å². The first-order valence-electron chi connectivity index (χ1n) is 8.86. The molecule has 2 aromatic carbocycles. The molecule has 1 amide bonds. The van der Waals surface area contributed by atoms with Crippen molar-refractivity contribution >= 4 is 39.2 Å². The lowest BCUT2D eigenvalue weighted by molar-refractivity contribution is -0.118. The molecule has 1 heterocycles. The Morgan fingerprint density at radius 3 is 2.83 bits per heavy atom. The minimum atomic E-state index is -2.92. The van der Waals surface area contributed by atoms with E-state index < -0.39 is 6.61 Å². The molecule has 0 aliphatic heterocycles. The fourth-order valence-electron chi connectivity index (χ4n) is 2.67. The lowest BCUT2D eigenvalue weighted by Crippen LogP contribution is -2.27. The van der Waals surface area contributed by atoms with Crippen LogP contribution in [0.3, 0.4) is 0 Å². The number of benzene rings is 2. The number of nitrogens with one attached hydrogen (secondary N) is 1. The monoisotopic (exact) mass is 438 g/mol. The Hall–Kier alpha value is -2.39. The van der Waals surface area contributed by atoms with E-state index in [1.807, 2.05) is 24.3 Å². The van der Waals surface area contributed by atoms with Crippen LogP contribution in [0.5, 0.6) is 11.5 Å². The van der Waals surface area contributed by atoms with Crippen LogP contribution in [0, 0.1) is 0 Å². The number of alkyl halides is 2. The number of methoxy groups -OCH3 is 1. The largest absolute Gasteiger partial charge is 0.493 e. The lowest BCUT2D eigenvalue weighted by atomic mass is 10.1. The van der Waals surface area contributed by atoms with Gasteiger partial charge in [0.05, 0.1) is 23.1 Å². The molecule has 0 fully saturated rings. The van der Waals surface area contributed by atoms with Gasteiger partial charge in [-0.25, -0.2) is 4.98 Å². The number of rotatable bonds is 10. The van der Waals surface area contributed by atoms with Crippen LogP contribution in [-0.4, -0.2) is 36.9 Å². The van der Waals surface area contributed by atoms with Crippen molar-refractivity contribution in [3.05, 3.63) is 53.0 Å². The summed E-state index contributed by atoms with van der Waals surface area (Å²) >= 11 is 3.14. The Balaban J connectivity index is 1.41. The van der Waals surface area contributed by atoms with Crippen LogP contribution in [0.4, 0.5) is 8.78 Å². The SMILES string of the molecule is COc1ccc(CCNC(=O)CSCc2nc3ccccc3s2)cc1OC(F)F. The summed E-state index contributed by atoms with van der Waals surface area (Å²) in [5.74, 6) is 1.16. The number of fused-ring (bicyclic) bond motifs is 1. The third kappa shape index (κ3) is 6.30. The summed E-state index contributed by atoms with van der Waals surface area (Å²) in [6, 6.07) is 12.8. The number of aromatic nitrogens is 1. The van der Waals surface area contributed by atoms with E-state index in [9.17, 15) is 13.6 Å². The Labute approximate surface area is 175 Å². The molecular weight excluding hydrogens is 418 g/mol. The van der Waals surface area contributed by atoms with Crippen LogP contribution in [0.15, 0.2) is 42.5 Å². The third-order valence-electron chi connectivity index (χ3n) is 3.98. The van der Waals surface area contributed by atoms with Gasteiger partial charge in [0.25, 0.3) is 0 Å². The predicted molar refractivity (Wildman–Crippen MR) is 112 cm³/mol. The number of amides is 1. The summed E-state index contributed by atoms with van der Waals surface area (Å²) < 4.78 is 35.6. The molecule has 0 radical (unpaired) electrons. The van der Waals surface area contributed by atoms with Gasteiger partial charge in [0.2, 0.25) is 5.91 Å². The first kappa shape index (κ1) is 21.3. The molecule has 29 heavy (non-hydrogen) atoms. The smallest absolute Gasteiger partial charge is 0.387 e. The number of halogens is 2. The van der Waals surface area contributed by atoms with E-state index in [0.29, 0.717) is 24.5 Å². The summed E-state index contributed by atoms with van der Waals surface area (Å²) in [5, 5.41) is 3.83. The average molecular weight is 439 g/mol. The molecule has 5 nitrogen and oxygen atoms in total. The highest BCUT2D eigenvalue weighted by molar-refractivity contribution is 7.99. The highest BCUT2D eigenvalue weighted by Crippen LogP contribution is 2.29. The van der Waals surface area contributed by atoms with Crippen LogP contribution in [0.1, 0.15) is 10.6 Å². The van der Waals surface area contributed by atoms with Crippen LogP contribution in [0.25, 0.3) is 10.2 Å². The zero-order valence-electron chi connectivity index (χ0n) is 15.7. The molecule has 3 rings (SSSR count). The van der Waals surface area contributed by atoms with Gasteiger partial charge in [-0.15, -0.1) is 23.1 Å². The average Bonchev–Trinajstić information content (AvgIpc) is 3.10. The fourth-order valence-corrected chi connectivity index (χ4v) is 4.55. The fraction of sp³-hybridized carbons (Fsp3) is 0.300. The molecule has 0 bridgehead atoms. The molecule has 0 aliphatic rings. The Morgan fingerprint density at radius 2 is 2.07 bits per heavy atom. The maximum atomic E-state index is 12.5. The highest BCUT2D eigenvalue weighted by Gasteiger charge is 2.11. The van der Waals surface area contributed by atoms with E-state index in [1.165, 1.54) is 24.9 Å².